The molecule has 1 amide bonds. The van der Waals surface area contributed by atoms with Crippen molar-refractivity contribution in [3.63, 3.8) is 0 Å². The van der Waals surface area contributed by atoms with Gasteiger partial charge in [-0.05, 0) is 42.5 Å². The number of carbonyl (C=O) groups is 1. The van der Waals surface area contributed by atoms with Crippen molar-refractivity contribution in [2.75, 3.05) is 19.2 Å². The number of rotatable bonds is 4. The predicted octanol–water partition coefficient (Wildman–Crippen LogP) is 4.16. The van der Waals surface area contributed by atoms with Gasteiger partial charge in [0.15, 0.2) is 11.5 Å². The third kappa shape index (κ3) is 3.76. The maximum atomic E-state index is 12.9. The van der Waals surface area contributed by atoms with Crippen molar-refractivity contribution in [2.24, 2.45) is 0 Å². The highest BCUT2D eigenvalue weighted by molar-refractivity contribution is 6.04. The minimum absolute atomic E-state index is 0.166. The first-order chi connectivity index (χ1) is 13.8. The molecule has 2 aromatic carbocycles. The molecule has 0 radical (unpaired) electrons. The van der Waals surface area contributed by atoms with E-state index >= 15 is 0 Å². The van der Waals surface area contributed by atoms with Crippen LogP contribution in [0, 0.1) is 0 Å². The summed E-state index contributed by atoms with van der Waals surface area (Å²) in [6.45, 7) is 6.41. The van der Waals surface area contributed by atoms with Gasteiger partial charge in [-0.1, -0.05) is 20.8 Å². The van der Waals surface area contributed by atoms with Gasteiger partial charge < -0.3 is 19.5 Å². The lowest BCUT2D eigenvalue weighted by molar-refractivity contribution is 0.102. The highest BCUT2D eigenvalue weighted by Gasteiger charge is 2.23. The van der Waals surface area contributed by atoms with Gasteiger partial charge in [0.05, 0.1) is 18.5 Å². The largest absolute Gasteiger partial charge is 0.497 e. The van der Waals surface area contributed by atoms with Crippen LogP contribution in [0.1, 0.15) is 36.8 Å². The quantitative estimate of drug-likeness (QED) is 0.720. The molecule has 7 heteroatoms. The number of carbonyl (C=O) groups excluding carboxylic acids is 1. The van der Waals surface area contributed by atoms with Gasteiger partial charge in [0.1, 0.15) is 11.6 Å². The lowest BCUT2D eigenvalue weighted by Gasteiger charge is -2.14. The van der Waals surface area contributed by atoms with Crippen molar-refractivity contribution in [1.29, 1.82) is 0 Å². The van der Waals surface area contributed by atoms with Gasteiger partial charge in [-0.15, -0.1) is 0 Å². The van der Waals surface area contributed by atoms with E-state index < -0.39 is 0 Å². The Bertz CT molecular complexity index is 1050. The Labute approximate surface area is 169 Å². The molecule has 7 nitrogen and oxygen atoms in total. The summed E-state index contributed by atoms with van der Waals surface area (Å²) >= 11 is 0. The first-order valence-corrected chi connectivity index (χ1v) is 9.31. The van der Waals surface area contributed by atoms with Gasteiger partial charge in [-0.25, -0.2) is 4.68 Å². The topological polar surface area (TPSA) is 74.6 Å². The molecule has 0 saturated carbocycles. The minimum atomic E-state index is -0.251. The van der Waals surface area contributed by atoms with Crippen molar-refractivity contribution in [2.45, 2.75) is 26.2 Å². The lowest BCUT2D eigenvalue weighted by atomic mass is 9.92. The molecule has 0 fully saturated rings. The number of ether oxygens (including phenoxy) is 3. The number of nitrogens with zero attached hydrogens (tertiary/aromatic N) is 2. The highest BCUT2D eigenvalue weighted by atomic mass is 16.7. The standard InChI is InChI=1S/C22H23N3O4/c1-22(2,3)19-12-20(25(24-19)15-6-8-16(27-4)9-7-15)23-21(26)14-5-10-17-18(11-14)29-13-28-17/h5-12H,13H2,1-4H3,(H,23,26). The van der Waals surface area contributed by atoms with Crippen LogP contribution in [0.2, 0.25) is 0 Å². The van der Waals surface area contributed by atoms with Crippen LogP contribution in [0.25, 0.3) is 5.69 Å². The van der Waals surface area contributed by atoms with Crippen LogP contribution in [-0.2, 0) is 5.41 Å². The van der Waals surface area contributed by atoms with Crippen molar-refractivity contribution < 1.29 is 19.0 Å². The fourth-order valence-electron chi connectivity index (χ4n) is 2.98. The second-order valence-electron chi connectivity index (χ2n) is 7.80. The maximum Gasteiger partial charge on any atom is 0.256 e. The molecule has 0 atom stereocenters. The Balaban J connectivity index is 1.68. The summed E-state index contributed by atoms with van der Waals surface area (Å²) < 4.78 is 17.6. The van der Waals surface area contributed by atoms with E-state index in [1.807, 2.05) is 30.3 Å². The molecule has 1 aromatic heterocycles. The second-order valence-corrected chi connectivity index (χ2v) is 7.80. The average Bonchev–Trinajstić information content (AvgIpc) is 3.34. The molecule has 0 unspecified atom stereocenters. The first kappa shape index (κ1) is 18.9. The molecule has 0 saturated heterocycles. The van der Waals surface area contributed by atoms with E-state index in [0.717, 1.165) is 17.1 Å². The Hall–Kier alpha value is -3.48. The first-order valence-electron chi connectivity index (χ1n) is 9.31. The van der Waals surface area contributed by atoms with Crippen molar-refractivity contribution >= 4 is 11.7 Å². The van der Waals surface area contributed by atoms with Crippen LogP contribution < -0.4 is 19.5 Å². The zero-order valence-corrected chi connectivity index (χ0v) is 16.9. The van der Waals surface area contributed by atoms with E-state index in [0.29, 0.717) is 22.9 Å². The van der Waals surface area contributed by atoms with Crippen molar-refractivity contribution in [3.05, 3.63) is 59.8 Å². The van der Waals surface area contributed by atoms with Gasteiger partial charge in [0, 0.05) is 17.0 Å². The van der Waals surface area contributed by atoms with Crippen LogP contribution >= 0.6 is 0 Å². The molecule has 0 bridgehead atoms. The van der Waals surface area contributed by atoms with E-state index in [-0.39, 0.29) is 18.1 Å². The Morgan fingerprint density at radius 1 is 1.07 bits per heavy atom. The van der Waals surface area contributed by atoms with Crippen LogP contribution in [0.15, 0.2) is 48.5 Å². The normalized spacial score (nSPS) is 12.7. The van der Waals surface area contributed by atoms with Crippen molar-refractivity contribution in [1.82, 2.24) is 9.78 Å². The third-order valence-corrected chi connectivity index (χ3v) is 4.67. The zero-order chi connectivity index (χ0) is 20.6. The summed E-state index contributed by atoms with van der Waals surface area (Å²) in [5, 5.41) is 7.70. The summed E-state index contributed by atoms with van der Waals surface area (Å²) in [7, 11) is 1.62. The molecule has 4 rings (SSSR count). The molecule has 1 aliphatic rings. The molecule has 0 aliphatic carbocycles. The number of anilines is 1. The molecule has 1 aliphatic heterocycles. The van der Waals surface area contributed by atoms with Crippen LogP contribution in [0.5, 0.6) is 17.2 Å². The minimum Gasteiger partial charge on any atom is -0.497 e. The third-order valence-electron chi connectivity index (χ3n) is 4.67. The van der Waals surface area contributed by atoms with Gasteiger partial charge in [-0.3, -0.25) is 4.79 Å². The van der Waals surface area contributed by atoms with E-state index in [2.05, 4.69) is 26.1 Å². The zero-order valence-electron chi connectivity index (χ0n) is 16.9. The molecular formula is C22H23N3O4. The number of methoxy groups -OCH3 is 1. The monoisotopic (exact) mass is 393 g/mol. The molecule has 0 spiro atoms. The van der Waals surface area contributed by atoms with E-state index in [9.17, 15) is 4.79 Å². The summed E-state index contributed by atoms with van der Waals surface area (Å²) in [4.78, 5) is 12.9. The van der Waals surface area contributed by atoms with E-state index in [4.69, 9.17) is 19.3 Å². The summed E-state index contributed by atoms with van der Waals surface area (Å²) in [6.07, 6.45) is 0. The SMILES string of the molecule is COc1ccc(-n2nc(C(C)(C)C)cc2NC(=O)c2ccc3c(c2)OCO3)cc1. The summed E-state index contributed by atoms with van der Waals surface area (Å²) in [5.41, 5.74) is 2.00. The highest BCUT2D eigenvalue weighted by Crippen LogP contribution is 2.33. The predicted molar refractivity (Wildman–Crippen MR) is 109 cm³/mol. The van der Waals surface area contributed by atoms with E-state index in [1.54, 1.807) is 30.0 Å². The molecule has 2 heterocycles. The Morgan fingerprint density at radius 2 is 1.79 bits per heavy atom. The van der Waals surface area contributed by atoms with Gasteiger partial charge in [0.2, 0.25) is 6.79 Å². The van der Waals surface area contributed by atoms with Crippen molar-refractivity contribution in [3.8, 4) is 22.9 Å². The number of hydrogen-bond donors (Lipinski definition) is 1. The Kier molecular flexibility index (Phi) is 4.66. The fraction of sp³-hybridized carbons (Fsp3) is 0.273. The van der Waals surface area contributed by atoms with Crippen LogP contribution in [-0.4, -0.2) is 29.6 Å². The molecule has 1 N–H and O–H groups in total. The number of amides is 1. The van der Waals surface area contributed by atoms with Crippen LogP contribution in [0.3, 0.4) is 0 Å². The maximum absolute atomic E-state index is 12.9. The number of benzene rings is 2. The van der Waals surface area contributed by atoms with Gasteiger partial charge >= 0.3 is 0 Å². The summed E-state index contributed by atoms with van der Waals surface area (Å²) in [5.74, 6) is 2.29. The number of nitrogens with one attached hydrogen (secondary N) is 1. The Morgan fingerprint density at radius 3 is 2.48 bits per heavy atom. The molecule has 150 valence electrons. The number of hydrogen-bond acceptors (Lipinski definition) is 5. The summed E-state index contributed by atoms with van der Waals surface area (Å²) in [6, 6.07) is 14.5. The fourth-order valence-corrected chi connectivity index (χ4v) is 2.98. The lowest BCUT2D eigenvalue weighted by Crippen LogP contribution is -2.15. The molecule has 3 aromatic rings. The second kappa shape index (κ2) is 7.16. The molecule has 29 heavy (non-hydrogen) atoms. The van der Waals surface area contributed by atoms with E-state index in [1.165, 1.54) is 0 Å². The molecular weight excluding hydrogens is 370 g/mol. The van der Waals surface area contributed by atoms with Gasteiger partial charge in [0.25, 0.3) is 5.91 Å². The van der Waals surface area contributed by atoms with Gasteiger partial charge in [-0.2, -0.15) is 5.10 Å². The smallest absolute Gasteiger partial charge is 0.256 e. The number of aromatic nitrogens is 2. The number of fused-ring (bicyclic) bond motifs is 1. The van der Waals surface area contributed by atoms with Crippen LogP contribution in [0.4, 0.5) is 5.82 Å². The average molecular weight is 393 g/mol.